The normalized spacial score (nSPS) is 9.81. The van der Waals surface area contributed by atoms with Crippen LogP contribution in [-0.4, -0.2) is 28.8 Å². The summed E-state index contributed by atoms with van der Waals surface area (Å²) in [6.45, 7) is 1.10. The molecule has 108 valence electrons. The highest BCUT2D eigenvalue weighted by atomic mass is 19.1. The molecule has 0 aliphatic rings. The molecule has 6 heteroatoms. The van der Waals surface area contributed by atoms with Crippen molar-refractivity contribution in [1.82, 2.24) is 15.1 Å². The number of hydrogen-bond donors (Lipinski definition) is 2. The molecule has 0 aliphatic carbocycles. The van der Waals surface area contributed by atoms with Crippen molar-refractivity contribution in [1.29, 1.82) is 0 Å². The summed E-state index contributed by atoms with van der Waals surface area (Å²) in [6, 6.07) is 6.03. The molecule has 1 amide bonds. The first kappa shape index (κ1) is 14.8. The van der Waals surface area contributed by atoms with E-state index in [0.29, 0.717) is 18.7 Å². The zero-order valence-corrected chi connectivity index (χ0v) is 11.3. The first-order valence-electron chi connectivity index (χ1n) is 6.45. The molecule has 5 nitrogen and oxygen atoms in total. The number of benzene rings is 1. The Hall–Kier alpha value is -2.65. The van der Waals surface area contributed by atoms with Gasteiger partial charge in [-0.2, -0.15) is 5.10 Å². The van der Waals surface area contributed by atoms with E-state index in [1.807, 2.05) is 0 Å². The lowest BCUT2D eigenvalue weighted by Gasteiger charge is -2.06. The van der Waals surface area contributed by atoms with Crippen LogP contribution in [0.1, 0.15) is 15.9 Å². The number of aromatic nitrogens is 2. The molecular weight excluding hydrogens is 271 g/mol. The molecule has 2 aromatic rings. The molecule has 0 bridgehead atoms. The summed E-state index contributed by atoms with van der Waals surface area (Å²) in [7, 11) is 0. The molecule has 0 radical (unpaired) electrons. The van der Waals surface area contributed by atoms with Gasteiger partial charge in [-0.1, -0.05) is 11.8 Å². The van der Waals surface area contributed by atoms with Crippen LogP contribution in [0, 0.1) is 17.7 Å². The summed E-state index contributed by atoms with van der Waals surface area (Å²) in [5, 5.41) is 6.65. The van der Waals surface area contributed by atoms with Gasteiger partial charge in [0.2, 0.25) is 0 Å². The number of nitrogens with one attached hydrogen (secondary N) is 1. The Morgan fingerprint density at radius 2 is 2.33 bits per heavy atom. The zero-order chi connectivity index (χ0) is 15.1. The largest absolute Gasteiger partial charge is 0.350 e. The molecule has 2 rings (SSSR count). The second-order valence-corrected chi connectivity index (χ2v) is 4.23. The van der Waals surface area contributed by atoms with Gasteiger partial charge in [-0.05, 0) is 24.3 Å². The van der Waals surface area contributed by atoms with Crippen molar-refractivity contribution in [3.8, 4) is 11.8 Å². The first-order valence-corrected chi connectivity index (χ1v) is 6.45. The van der Waals surface area contributed by atoms with Gasteiger partial charge in [-0.25, -0.2) is 4.39 Å². The van der Waals surface area contributed by atoms with E-state index in [1.54, 1.807) is 29.2 Å². The van der Waals surface area contributed by atoms with Crippen LogP contribution in [0.5, 0.6) is 0 Å². The molecule has 0 saturated heterocycles. The molecule has 1 aromatic carbocycles. The van der Waals surface area contributed by atoms with Crippen molar-refractivity contribution in [3.63, 3.8) is 0 Å². The van der Waals surface area contributed by atoms with Gasteiger partial charge < -0.3 is 11.1 Å². The summed E-state index contributed by atoms with van der Waals surface area (Å²) in [5.74, 6) is 4.28. The van der Waals surface area contributed by atoms with Gasteiger partial charge in [-0.15, -0.1) is 0 Å². The van der Waals surface area contributed by atoms with Crippen LogP contribution >= 0.6 is 0 Å². The van der Waals surface area contributed by atoms with E-state index in [-0.39, 0.29) is 12.1 Å². The third-order valence-electron chi connectivity index (χ3n) is 2.73. The Labute approximate surface area is 122 Å². The highest BCUT2D eigenvalue weighted by Gasteiger charge is 2.11. The highest BCUT2D eigenvalue weighted by molar-refractivity contribution is 5.94. The van der Waals surface area contributed by atoms with Crippen LogP contribution in [-0.2, 0) is 6.54 Å². The molecule has 0 unspecified atom stereocenters. The fourth-order valence-corrected chi connectivity index (χ4v) is 1.74. The van der Waals surface area contributed by atoms with Crippen LogP contribution in [0.3, 0.4) is 0 Å². The number of carbonyl (C=O) groups is 1. The minimum absolute atomic E-state index is 0.00577. The smallest absolute Gasteiger partial charge is 0.254 e. The van der Waals surface area contributed by atoms with E-state index < -0.39 is 11.7 Å². The highest BCUT2D eigenvalue weighted by Crippen LogP contribution is 2.09. The number of hydrogen-bond acceptors (Lipinski definition) is 3. The zero-order valence-electron chi connectivity index (χ0n) is 11.3. The first-order chi connectivity index (χ1) is 10.2. The summed E-state index contributed by atoms with van der Waals surface area (Å²) in [6.07, 6.45) is 3.44. The maximum Gasteiger partial charge on any atom is 0.254 e. The topological polar surface area (TPSA) is 72.9 Å². The monoisotopic (exact) mass is 286 g/mol. The predicted octanol–water partition coefficient (Wildman–Crippen LogP) is 0.762. The minimum Gasteiger partial charge on any atom is -0.350 e. The van der Waals surface area contributed by atoms with Gasteiger partial charge >= 0.3 is 0 Å². The molecule has 0 saturated carbocycles. The minimum atomic E-state index is -0.601. The van der Waals surface area contributed by atoms with Crippen molar-refractivity contribution in [2.75, 3.05) is 13.1 Å². The van der Waals surface area contributed by atoms with Crippen molar-refractivity contribution in [2.24, 2.45) is 5.73 Å². The maximum atomic E-state index is 13.9. The lowest BCUT2D eigenvalue weighted by atomic mass is 10.1. The van der Waals surface area contributed by atoms with Crippen molar-refractivity contribution >= 4 is 5.91 Å². The van der Waals surface area contributed by atoms with E-state index in [9.17, 15) is 9.18 Å². The van der Waals surface area contributed by atoms with Crippen LogP contribution in [0.15, 0.2) is 36.7 Å². The quantitative estimate of drug-likeness (QED) is 0.815. The van der Waals surface area contributed by atoms with Crippen molar-refractivity contribution < 1.29 is 9.18 Å². The SMILES string of the molecule is NCC#Cc1ccc(C(=O)NCCn2cccn2)c(F)c1. The van der Waals surface area contributed by atoms with Crippen LogP contribution < -0.4 is 11.1 Å². The Bertz CT molecular complexity index is 671. The van der Waals surface area contributed by atoms with Gasteiger partial charge in [0.1, 0.15) is 5.82 Å². The fourth-order valence-electron chi connectivity index (χ4n) is 1.74. The number of halogens is 1. The average Bonchev–Trinajstić information content (AvgIpc) is 2.98. The van der Waals surface area contributed by atoms with Crippen LogP contribution in [0.2, 0.25) is 0 Å². The van der Waals surface area contributed by atoms with E-state index in [4.69, 9.17) is 5.73 Å². The number of carbonyl (C=O) groups excluding carboxylic acids is 1. The summed E-state index contributed by atoms with van der Waals surface area (Å²) < 4.78 is 15.5. The van der Waals surface area contributed by atoms with Gasteiger partial charge in [0.15, 0.2) is 0 Å². The third kappa shape index (κ3) is 4.16. The Balaban J connectivity index is 1.95. The Morgan fingerprint density at radius 3 is 3.00 bits per heavy atom. The van der Waals surface area contributed by atoms with Gasteiger partial charge in [0, 0.05) is 24.5 Å². The van der Waals surface area contributed by atoms with Crippen LogP contribution in [0.25, 0.3) is 0 Å². The van der Waals surface area contributed by atoms with Gasteiger partial charge in [-0.3, -0.25) is 9.48 Å². The van der Waals surface area contributed by atoms with Crippen LogP contribution in [0.4, 0.5) is 4.39 Å². The molecule has 1 aromatic heterocycles. The lowest BCUT2D eigenvalue weighted by Crippen LogP contribution is -2.28. The second kappa shape index (κ2) is 7.22. The summed E-state index contributed by atoms with van der Waals surface area (Å²) >= 11 is 0. The number of nitrogens with two attached hydrogens (primary N) is 1. The van der Waals surface area contributed by atoms with Gasteiger partial charge in [0.05, 0.1) is 18.7 Å². The third-order valence-corrected chi connectivity index (χ3v) is 2.73. The molecule has 1 heterocycles. The Kier molecular flexibility index (Phi) is 5.07. The Morgan fingerprint density at radius 1 is 1.48 bits per heavy atom. The predicted molar refractivity (Wildman–Crippen MR) is 76.9 cm³/mol. The molecule has 0 fully saturated rings. The second-order valence-electron chi connectivity index (χ2n) is 4.23. The molecule has 3 N–H and O–H groups in total. The summed E-state index contributed by atoms with van der Waals surface area (Å²) in [4.78, 5) is 11.9. The number of nitrogens with zero attached hydrogens (tertiary/aromatic N) is 2. The fraction of sp³-hybridized carbons (Fsp3) is 0.200. The molecule has 0 spiro atoms. The maximum absolute atomic E-state index is 13.9. The molecular formula is C15H15FN4O. The lowest BCUT2D eigenvalue weighted by molar-refractivity contribution is 0.0948. The van der Waals surface area contributed by atoms with E-state index in [0.717, 1.165) is 0 Å². The van der Waals surface area contributed by atoms with E-state index in [2.05, 4.69) is 22.3 Å². The summed E-state index contributed by atoms with van der Waals surface area (Å²) in [5.41, 5.74) is 5.73. The number of rotatable bonds is 4. The van der Waals surface area contributed by atoms with Crippen molar-refractivity contribution in [2.45, 2.75) is 6.54 Å². The molecule has 0 atom stereocenters. The molecule has 0 aliphatic heterocycles. The average molecular weight is 286 g/mol. The van der Waals surface area contributed by atoms with E-state index >= 15 is 0 Å². The van der Waals surface area contributed by atoms with Crippen molar-refractivity contribution in [3.05, 3.63) is 53.6 Å². The van der Waals surface area contributed by atoms with Gasteiger partial charge in [0.25, 0.3) is 5.91 Å². The van der Waals surface area contributed by atoms with E-state index in [1.165, 1.54) is 12.1 Å². The molecule has 21 heavy (non-hydrogen) atoms. The number of amides is 1. The standard InChI is InChI=1S/C15H15FN4O/c16-14-11-12(3-1-6-17)4-5-13(14)15(21)18-8-10-20-9-2-7-19-20/h2,4-5,7,9,11H,6,8,10,17H2,(H,18,21).